The van der Waals surface area contributed by atoms with Gasteiger partial charge in [-0.3, -0.25) is 15.6 Å². The fourth-order valence-electron chi connectivity index (χ4n) is 1.18. The summed E-state index contributed by atoms with van der Waals surface area (Å²) in [5, 5.41) is 6.76. The first kappa shape index (κ1) is 11.2. The van der Waals surface area contributed by atoms with Gasteiger partial charge in [0.05, 0.1) is 13.3 Å². The van der Waals surface area contributed by atoms with E-state index in [1.165, 1.54) is 31.3 Å². The van der Waals surface area contributed by atoms with Gasteiger partial charge in [-0.2, -0.15) is 0 Å². The molecule has 0 bridgehead atoms. The Kier molecular flexibility index (Phi) is 3.58. The van der Waals surface area contributed by atoms with Crippen LogP contribution in [0.2, 0.25) is 0 Å². The molecule has 16 heavy (non-hydrogen) atoms. The van der Waals surface area contributed by atoms with Gasteiger partial charge in [-0.25, -0.2) is 9.78 Å². The number of rotatable bonds is 5. The summed E-state index contributed by atoms with van der Waals surface area (Å²) in [5.74, 6) is 0.674. The Morgan fingerprint density at radius 1 is 1.69 bits per heavy atom. The molecule has 2 rings (SSSR count). The van der Waals surface area contributed by atoms with Crippen molar-refractivity contribution in [2.75, 3.05) is 24.5 Å². The fraction of sp³-hybridized carbons (Fsp3) is 0.556. The second kappa shape index (κ2) is 5.13. The van der Waals surface area contributed by atoms with Gasteiger partial charge in [-0.1, -0.05) is 11.3 Å². The van der Waals surface area contributed by atoms with Crippen LogP contribution in [0.5, 0.6) is 0 Å². The molecule has 2 amide bonds. The van der Waals surface area contributed by atoms with Crippen molar-refractivity contribution in [1.82, 2.24) is 10.3 Å². The molecule has 1 fully saturated rings. The third-order valence-corrected chi connectivity index (χ3v) is 2.99. The van der Waals surface area contributed by atoms with Crippen LogP contribution in [0.25, 0.3) is 0 Å². The standard InChI is InChI=1S/C9H14N4O2S/c1-15-13-7-5-11-9(16-7)12-8(14)10-4-6-2-3-6/h5-6,13H,2-4H2,1H3,(H2,10,11,12,14). The number of urea groups is 1. The number of anilines is 2. The predicted octanol–water partition coefficient (Wildman–Crippen LogP) is 1.65. The fourth-order valence-corrected chi connectivity index (χ4v) is 1.87. The third-order valence-electron chi connectivity index (χ3n) is 2.18. The molecule has 0 radical (unpaired) electrons. The van der Waals surface area contributed by atoms with Crippen LogP contribution in [0.3, 0.4) is 0 Å². The Labute approximate surface area is 97.4 Å². The number of carbonyl (C=O) groups excluding carboxylic acids is 1. The zero-order chi connectivity index (χ0) is 11.4. The Morgan fingerprint density at radius 2 is 2.50 bits per heavy atom. The summed E-state index contributed by atoms with van der Waals surface area (Å²) in [6.07, 6.45) is 4.05. The van der Waals surface area contributed by atoms with Crippen LogP contribution < -0.4 is 16.1 Å². The molecule has 1 aromatic heterocycles. The number of nitrogens with zero attached hydrogens (tertiary/aromatic N) is 1. The minimum atomic E-state index is -0.204. The van der Waals surface area contributed by atoms with Gasteiger partial charge in [0.25, 0.3) is 0 Å². The maximum Gasteiger partial charge on any atom is 0.321 e. The number of amides is 2. The minimum absolute atomic E-state index is 0.204. The minimum Gasteiger partial charge on any atom is -0.338 e. The lowest BCUT2D eigenvalue weighted by atomic mass is 10.4. The molecule has 1 saturated carbocycles. The zero-order valence-corrected chi connectivity index (χ0v) is 9.76. The molecule has 1 heterocycles. The van der Waals surface area contributed by atoms with E-state index >= 15 is 0 Å². The molecule has 0 aliphatic heterocycles. The van der Waals surface area contributed by atoms with Crippen LogP contribution in [0, 0.1) is 5.92 Å². The predicted molar refractivity (Wildman–Crippen MR) is 62.5 cm³/mol. The van der Waals surface area contributed by atoms with Gasteiger partial charge in [0, 0.05) is 6.54 Å². The average molecular weight is 242 g/mol. The van der Waals surface area contributed by atoms with E-state index < -0.39 is 0 Å². The lowest BCUT2D eigenvalue weighted by Gasteiger charge is -2.03. The first-order valence-corrected chi connectivity index (χ1v) is 5.89. The molecule has 6 nitrogen and oxygen atoms in total. The average Bonchev–Trinajstić information content (AvgIpc) is 2.99. The lowest BCUT2D eigenvalue weighted by molar-refractivity contribution is 0.251. The lowest BCUT2D eigenvalue weighted by Crippen LogP contribution is -2.30. The molecular formula is C9H14N4O2S. The maximum atomic E-state index is 11.4. The normalized spacial score (nSPS) is 14.6. The van der Waals surface area contributed by atoms with E-state index in [2.05, 4.69) is 21.1 Å². The molecule has 1 aliphatic carbocycles. The molecule has 7 heteroatoms. The van der Waals surface area contributed by atoms with E-state index in [1.54, 1.807) is 6.20 Å². The Hall–Kier alpha value is -1.34. The molecule has 0 spiro atoms. The highest BCUT2D eigenvalue weighted by atomic mass is 32.1. The summed E-state index contributed by atoms with van der Waals surface area (Å²) in [4.78, 5) is 20.2. The van der Waals surface area contributed by atoms with Crippen LogP contribution in [0.15, 0.2) is 6.20 Å². The summed E-state index contributed by atoms with van der Waals surface area (Å²) >= 11 is 1.32. The highest BCUT2D eigenvalue weighted by Gasteiger charge is 2.21. The molecule has 0 unspecified atom stereocenters. The van der Waals surface area contributed by atoms with E-state index in [-0.39, 0.29) is 6.03 Å². The molecular weight excluding hydrogens is 228 g/mol. The summed E-state index contributed by atoms with van der Waals surface area (Å²) in [6.45, 7) is 0.750. The van der Waals surface area contributed by atoms with Crippen molar-refractivity contribution in [2.24, 2.45) is 5.92 Å². The molecule has 88 valence electrons. The van der Waals surface area contributed by atoms with E-state index in [1.807, 2.05) is 0 Å². The van der Waals surface area contributed by atoms with Crippen molar-refractivity contribution < 1.29 is 9.63 Å². The van der Waals surface area contributed by atoms with Crippen LogP contribution in [0.1, 0.15) is 12.8 Å². The van der Waals surface area contributed by atoms with E-state index in [0.717, 1.165) is 11.5 Å². The summed E-state index contributed by atoms with van der Waals surface area (Å²) in [6, 6.07) is -0.204. The number of nitrogens with one attached hydrogen (secondary N) is 3. The third kappa shape index (κ3) is 3.35. The van der Waals surface area contributed by atoms with Crippen molar-refractivity contribution in [3.8, 4) is 0 Å². The van der Waals surface area contributed by atoms with Gasteiger partial charge in [0.15, 0.2) is 5.13 Å². The summed E-state index contributed by atoms with van der Waals surface area (Å²) < 4.78 is 0. The second-order valence-electron chi connectivity index (χ2n) is 3.61. The molecule has 0 atom stereocenters. The quantitative estimate of drug-likeness (QED) is 0.686. The van der Waals surface area contributed by atoms with Gasteiger partial charge in [0.2, 0.25) is 0 Å². The molecule has 0 saturated heterocycles. The van der Waals surface area contributed by atoms with E-state index in [0.29, 0.717) is 11.0 Å². The van der Waals surface area contributed by atoms with Crippen molar-refractivity contribution >= 4 is 27.5 Å². The van der Waals surface area contributed by atoms with Crippen molar-refractivity contribution in [1.29, 1.82) is 0 Å². The molecule has 1 aromatic rings. The summed E-state index contributed by atoms with van der Waals surface area (Å²) in [5.41, 5.74) is 2.65. The topological polar surface area (TPSA) is 75.3 Å². The van der Waals surface area contributed by atoms with Gasteiger partial charge in [0.1, 0.15) is 5.00 Å². The highest BCUT2D eigenvalue weighted by Crippen LogP contribution is 2.27. The SMILES string of the molecule is CONc1cnc(NC(=O)NCC2CC2)s1. The van der Waals surface area contributed by atoms with Crippen LogP contribution in [-0.2, 0) is 4.84 Å². The number of carbonyl (C=O) groups is 1. The number of thiazole rings is 1. The largest absolute Gasteiger partial charge is 0.338 e. The summed E-state index contributed by atoms with van der Waals surface area (Å²) in [7, 11) is 1.52. The monoisotopic (exact) mass is 242 g/mol. The van der Waals surface area contributed by atoms with E-state index in [4.69, 9.17) is 4.84 Å². The van der Waals surface area contributed by atoms with E-state index in [9.17, 15) is 4.79 Å². The van der Waals surface area contributed by atoms with Crippen molar-refractivity contribution in [2.45, 2.75) is 12.8 Å². The molecule has 3 N–H and O–H groups in total. The Bertz CT molecular complexity index is 364. The molecule has 1 aliphatic rings. The van der Waals surface area contributed by atoms with Crippen molar-refractivity contribution in [3.05, 3.63) is 6.20 Å². The second-order valence-corrected chi connectivity index (χ2v) is 4.64. The number of hydrogen-bond donors (Lipinski definition) is 3. The Balaban J connectivity index is 1.75. The van der Waals surface area contributed by atoms with Crippen LogP contribution in [0.4, 0.5) is 14.9 Å². The first-order valence-electron chi connectivity index (χ1n) is 5.07. The number of hydrogen-bond acceptors (Lipinski definition) is 5. The Morgan fingerprint density at radius 3 is 3.19 bits per heavy atom. The highest BCUT2D eigenvalue weighted by molar-refractivity contribution is 7.19. The maximum absolute atomic E-state index is 11.4. The zero-order valence-electron chi connectivity index (χ0n) is 8.95. The van der Waals surface area contributed by atoms with Crippen LogP contribution in [-0.4, -0.2) is 24.7 Å². The van der Waals surface area contributed by atoms with Crippen LogP contribution >= 0.6 is 11.3 Å². The molecule has 0 aromatic carbocycles. The van der Waals surface area contributed by atoms with Gasteiger partial charge in [-0.05, 0) is 18.8 Å². The van der Waals surface area contributed by atoms with Gasteiger partial charge < -0.3 is 5.32 Å². The number of aromatic nitrogens is 1. The smallest absolute Gasteiger partial charge is 0.321 e. The van der Waals surface area contributed by atoms with Gasteiger partial charge >= 0.3 is 6.03 Å². The van der Waals surface area contributed by atoms with Crippen molar-refractivity contribution in [3.63, 3.8) is 0 Å². The van der Waals surface area contributed by atoms with Gasteiger partial charge in [-0.15, -0.1) is 0 Å². The first-order chi connectivity index (χ1) is 7.78.